The second kappa shape index (κ2) is 14.0. The van der Waals surface area contributed by atoms with Gasteiger partial charge in [-0.2, -0.15) is 0 Å². The number of nitrogens with zero attached hydrogens (tertiary/aromatic N) is 2. The number of aryl methyl sites for hydroxylation is 2. The van der Waals surface area contributed by atoms with Gasteiger partial charge < -0.3 is 14.2 Å². The zero-order valence-corrected chi connectivity index (χ0v) is 39.7. The fraction of sp³-hybridized carbons (Fsp3) is 0.298. The fourth-order valence-electron chi connectivity index (χ4n) is 9.97. The Morgan fingerprint density at radius 3 is 1.81 bits per heavy atom. The molecule has 0 bridgehead atoms. The van der Waals surface area contributed by atoms with E-state index in [4.69, 9.17) is 4.42 Å². The van der Waals surface area contributed by atoms with Crippen molar-refractivity contribution in [3.8, 4) is 10.4 Å². The molecule has 0 N–H and O–H groups in total. The van der Waals surface area contributed by atoms with Crippen LogP contribution in [-0.2, 0) is 16.2 Å². The first kappa shape index (κ1) is 40.6. The van der Waals surface area contributed by atoms with Crippen LogP contribution in [0.4, 0.5) is 34.1 Å². The number of hydrogen-bond acceptors (Lipinski definition) is 4. The average Bonchev–Trinajstić information content (AvgIpc) is 3.82. The molecule has 2 aromatic heterocycles. The van der Waals surface area contributed by atoms with Gasteiger partial charge in [0.05, 0.1) is 17.0 Å². The van der Waals surface area contributed by atoms with E-state index in [1.807, 2.05) is 11.3 Å². The summed E-state index contributed by atoms with van der Waals surface area (Å²) in [6.45, 7) is 30.0. The van der Waals surface area contributed by atoms with Gasteiger partial charge in [-0.05, 0) is 158 Å². The Morgan fingerprint density at radius 1 is 0.581 bits per heavy atom. The summed E-state index contributed by atoms with van der Waals surface area (Å²) < 4.78 is 8.68. The third-order valence-electron chi connectivity index (χ3n) is 13.5. The molecule has 0 saturated heterocycles. The predicted molar refractivity (Wildman–Crippen MR) is 271 cm³/mol. The second-order valence-corrected chi connectivity index (χ2v) is 22.5. The van der Waals surface area contributed by atoms with Crippen molar-refractivity contribution in [3.05, 3.63) is 149 Å². The maximum atomic E-state index is 7.36. The van der Waals surface area contributed by atoms with E-state index >= 15 is 0 Å². The third kappa shape index (κ3) is 6.45. The van der Waals surface area contributed by atoms with Crippen molar-refractivity contribution in [1.29, 1.82) is 0 Å². The van der Waals surface area contributed by atoms with Crippen LogP contribution in [0, 0.1) is 13.8 Å². The Labute approximate surface area is 373 Å². The Morgan fingerprint density at radius 2 is 1.18 bits per heavy atom. The van der Waals surface area contributed by atoms with Crippen molar-refractivity contribution < 1.29 is 4.42 Å². The lowest BCUT2D eigenvalue weighted by Gasteiger charge is -2.44. The van der Waals surface area contributed by atoms with Crippen LogP contribution in [0.5, 0.6) is 0 Å². The number of benzene rings is 6. The summed E-state index contributed by atoms with van der Waals surface area (Å²) >= 11 is 1.87. The van der Waals surface area contributed by atoms with Crippen LogP contribution in [0.2, 0.25) is 0 Å². The van der Waals surface area contributed by atoms with E-state index in [0.717, 1.165) is 22.3 Å². The molecule has 2 aliphatic rings. The van der Waals surface area contributed by atoms with Crippen LogP contribution in [0.3, 0.4) is 0 Å². The van der Waals surface area contributed by atoms with Crippen molar-refractivity contribution in [2.45, 2.75) is 112 Å². The largest absolute Gasteiger partial charge is 0.468 e. The summed E-state index contributed by atoms with van der Waals surface area (Å²) in [4.78, 5) is 6.45. The average molecular weight is 831 g/mol. The van der Waals surface area contributed by atoms with E-state index in [2.05, 4.69) is 215 Å². The predicted octanol–water partition coefficient (Wildman–Crippen LogP) is 15.0. The standard InChI is InChI=1S/C57H59BN2OS/c1-33(2)37-28-46-51-47(29-37)60(52-34(3)26-38(27-35(52)4)50-30-36-16-14-15-17-49(36)62-50)53-43-31-40(56(8,9)10)21-25-48(43)61-54(53)58(51)44-32-41(57(11,12)13)20-24-45(44)59(46)42-22-18-39(19-23-42)55(5,6)7/h14-33H,1-13H3. The van der Waals surface area contributed by atoms with E-state index < -0.39 is 0 Å². The highest BCUT2D eigenvalue weighted by Crippen LogP contribution is 2.51. The van der Waals surface area contributed by atoms with Gasteiger partial charge in [0, 0.05) is 37.7 Å². The summed E-state index contributed by atoms with van der Waals surface area (Å²) in [6, 6.07) is 44.3. The van der Waals surface area contributed by atoms with Crippen LogP contribution in [0.25, 0.3) is 31.5 Å². The van der Waals surface area contributed by atoms with Crippen molar-refractivity contribution in [2.75, 3.05) is 9.80 Å². The molecule has 4 heterocycles. The lowest BCUT2D eigenvalue weighted by molar-refractivity contribution is 0.590. The number of hydrogen-bond donors (Lipinski definition) is 0. The smallest absolute Gasteiger partial charge is 0.297 e. The monoisotopic (exact) mass is 830 g/mol. The number of fused-ring (bicyclic) bond motifs is 7. The van der Waals surface area contributed by atoms with Crippen LogP contribution in [-0.4, -0.2) is 6.71 Å². The number of thiophene rings is 1. The van der Waals surface area contributed by atoms with Gasteiger partial charge in [0.1, 0.15) is 5.58 Å². The van der Waals surface area contributed by atoms with Crippen molar-refractivity contribution in [2.24, 2.45) is 0 Å². The summed E-state index contributed by atoms with van der Waals surface area (Å²) in [5.41, 5.74) is 20.7. The lowest BCUT2D eigenvalue weighted by atomic mass is 9.35. The maximum Gasteiger partial charge on any atom is 0.297 e. The second-order valence-electron chi connectivity index (χ2n) is 21.4. The maximum absolute atomic E-state index is 7.36. The van der Waals surface area contributed by atoms with Gasteiger partial charge in [0.15, 0.2) is 0 Å². The van der Waals surface area contributed by atoms with Crippen LogP contribution in [0.1, 0.15) is 115 Å². The van der Waals surface area contributed by atoms with Gasteiger partial charge in [-0.25, -0.2) is 0 Å². The molecular weight excluding hydrogens is 772 g/mol. The topological polar surface area (TPSA) is 19.6 Å². The molecule has 0 spiro atoms. The molecule has 10 rings (SSSR count). The highest BCUT2D eigenvalue weighted by molar-refractivity contribution is 7.22. The van der Waals surface area contributed by atoms with E-state index in [-0.39, 0.29) is 23.0 Å². The molecule has 0 unspecified atom stereocenters. The van der Waals surface area contributed by atoms with Crippen LogP contribution >= 0.6 is 11.3 Å². The number of furan rings is 1. The van der Waals surface area contributed by atoms with Crippen molar-refractivity contribution in [1.82, 2.24) is 0 Å². The molecule has 2 aliphatic heterocycles. The SMILES string of the molecule is Cc1cc(-c2cc3ccccc3s2)cc(C)c1N1c2cc(C(C)C)cc3c2B(c2cc(C(C)(C)C)ccc2N3c2ccc(C(C)(C)C)cc2)c2oc3ccc(C(C)(C)C)cc3c21. The minimum atomic E-state index is -0.112. The molecule has 0 fully saturated rings. The molecule has 312 valence electrons. The first-order chi connectivity index (χ1) is 29.3. The Hall–Kier alpha value is -5.52. The summed E-state index contributed by atoms with van der Waals surface area (Å²) in [5, 5.41) is 2.46. The van der Waals surface area contributed by atoms with Crippen LogP contribution < -0.4 is 26.4 Å². The van der Waals surface area contributed by atoms with E-state index in [1.165, 1.54) is 93.3 Å². The molecule has 6 aromatic carbocycles. The Kier molecular flexibility index (Phi) is 9.15. The molecule has 0 amide bonds. The molecule has 0 atom stereocenters. The van der Waals surface area contributed by atoms with Gasteiger partial charge in [0.25, 0.3) is 6.71 Å². The minimum Gasteiger partial charge on any atom is -0.468 e. The molecule has 62 heavy (non-hydrogen) atoms. The molecule has 3 nitrogen and oxygen atoms in total. The zero-order chi connectivity index (χ0) is 43.8. The molecular formula is C57H59BN2OS. The van der Waals surface area contributed by atoms with Gasteiger partial charge in [-0.15, -0.1) is 11.3 Å². The van der Waals surface area contributed by atoms with Crippen molar-refractivity contribution >= 4 is 89.8 Å². The molecule has 0 saturated carbocycles. The summed E-state index contributed by atoms with van der Waals surface area (Å²) in [5.74, 6) is 0.305. The van der Waals surface area contributed by atoms with Crippen LogP contribution in [0.15, 0.2) is 120 Å². The van der Waals surface area contributed by atoms with Crippen molar-refractivity contribution in [3.63, 3.8) is 0 Å². The molecule has 5 heteroatoms. The van der Waals surface area contributed by atoms with E-state index in [0.29, 0.717) is 5.92 Å². The zero-order valence-electron chi connectivity index (χ0n) is 38.8. The minimum absolute atomic E-state index is 0.0342. The van der Waals surface area contributed by atoms with Gasteiger partial charge in [-0.1, -0.05) is 125 Å². The Bertz CT molecular complexity index is 3030. The summed E-state index contributed by atoms with van der Waals surface area (Å²) in [6.07, 6.45) is 0. The highest BCUT2D eigenvalue weighted by atomic mass is 32.1. The first-order valence-corrected chi connectivity index (χ1v) is 23.3. The summed E-state index contributed by atoms with van der Waals surface area (Å²) in [7, 11) is 0. The quantitative estimate of drug-likeness (QED) is 0.165. The Balaban J connectivity index is 1.31. The lowest BCUT2D eigenvalue weighted by Crippen LogP contribution is -2.61. The van der Waals surface area contributed by atoms with Gasteiger partial charge in [-0.3, -0.25) is 0 Å². The molecule has 0 aliphatic carbocycles. The van der Waals surface area contributed by atoms with E-state index in [9.17, 15) is 0 Å². The highest BCUT2D eigenvalue weighted by Gasteiger charge is 2.48. The number of rotatable bonds is 4. The van der Waals surface area contributed by atoms with Gasteiger partial charge in [0.2, 0.25) is 0 Å². The third-order valence-corrected chi connectivity index (χ3v) is 14.7. The first-order valence-electron chi connectivity index (χ1n) is 22.5. The molecule has 8 aromatic rings. The fourth-order valence-corrected chi connectivity index (χ4v) is 11.0. The molecule has 0 radical (unpaired) electrons. The number of anilines is 6. The van der Waals surface area contributed by atoms with E-state index in [1.54, 1.807) is 0 Å². The normalized spacial score (nSPS) is 13.9. The van der Waals surface area contributed by atoms with Gasteiger partial charge >= 0.3 is 0 Å².